The maximum Gasteiger partial charge on any atom is 0.328 e. The van der Waals surface area contributed by atoms with Gasteiger partial charge >= 0.3 is 5.97 Å². The zero-order chi connectivity index (χ0) is 13.7. The van der Waals surface area contributed by atoms with Crippen LogP contribution >= 0.6 is 0 Å². The molecule has 0 saturated heterocycles. The highest BCUT2D eigenvalue weighted by Gasteiger charge is 2.25. The van der Waals surface area contributed by atoms with Crippen LogP contribution in [0.3, 0.4) is 0 Å². The molecule has 2 rings (SSSR count). The van der Waals surface area contributed by atoms with Crippen LogP contribution < -0.4 is 4.90 Å². The number of hydrogen-bond donors (Lipinski definition) is 1. The Bertz CT molecular complexity index is 452. The predicted octanol–water partition coefficient (Wildman–Crippen LogP) is 2.20. The van der Waals surface area contributed by atoms with Crippen LogP contribution in [0.15, 0.2) is 18.5 Å². The van der Waals surface area contributed by atoms with E-state index in [4.69, 9.17) is 5.11 Å². The second-order valence-electron chi connectivity index (χ2n) is 4.88. The van der Waals surface area contributed by atoms with Crippen molar-refractivity contribution < 1.29 is 9.90 Å². The van der Waals surface area contributed by atoms with Crippen molar-refractivity contribution in [1.82, 2.24) is 9.97 Å². The van der Waals surface area contributed by atoms with Crippen molar-refractivity contribution in [2.75, 3.05) is 18.0 Å². The van der Waals surface area contributed by atoms with Gasteiger partial charge in [0, 0.05) is 37.1 Å². The molecule has 0 bridgehead atoms. The standard InChI is InChI=1S/C14H19N3O2/c1-2-7-17(10-11-3-4-11)14-15-8-12(9-16-14)5-6-13(18)19/h5-6,8-9,11H,2-4,7,10H2,1H3,(H,18,19)/b6-5+. The minimum absolute atomic E-state index is 0.703. The maximum atomic E-state index is 10.4. The third-order valence-corrected chi connectivity index (χ3v) is 3.03. The van der Waals surface area contributed by atoms with Gasteiger partial charge in [-0.2, -0.15) is 0 Å². The summed E-state index contributed by atoms with van der Waals surface area (Å²) in [7, 11) is 0. The first-order valence-corrected chi connectivity index (χ1v) is 6.67. The molecule has 1 saturated carbocycles. The average Bonchev–Trinajstić information content (AvgIpc) is 3.20. The summed E-state index contributed by atoms with van der Waals surface area (Å²) in [5.74, 6) is 0.563. The van der Waals surface area contributed by atoms with Crippen LogP contribution in [0.4, 0.5) is 5.95 Å². The quantitative estimate of drug-likeness (QED) is 0.762. The van der Waals surface area contributed by atoms with E-state index in [9.17, 15) is 4.79 Å². The molecular formula is C14H19N3O2. The Labute approximate surface area is 113 Å². The van der Waals surface area contributed by atoms with Gasteiger partial charge in [0.15, 0.2) is 0 Å². The minimum Gasteiger partial charge on any atom is -0.478 e. The molecule has 1 aromatic heterocycles. The van der Waals surface area contributed by atoms with Crippen LogP contribution in [0, 0.1) is 5.92 Å². The number of rotatable bonds is 7. The second kappa shape index (κ2) is 6.31. The van der Waals surface area contributed by atoms with E-state index in [-0.39, 0.29) is 0 Å². The molecule has 1 aliphatic carbocycles. The van der Waals surface area contributed by atoms with Crippen molar-refractivity contribution in [2.24, 2.45) is 5.92 Å². The predicted molar refractivity (Wildman–Crippen MR) is 73.9 cm³/mol. The number of nitrogens with zero attached hydrogens (tertiary/aromatic N) is 3. The first-order valence-electron chi connectivity index (χ1n) is 6.67. The number of carbonyl (C=O) groups is 1. The Morgan fingerprint density at radius 1 is 1.47 bits per heavy atom. The van der Waals surface area contributed by atoms with Gasteiger partial charge in [0.2, 0.25) is 5.95 Å². The maximum absolute atomic E-state index is 10.4. The molecule has 5 heteroatoms. The summed E-state index contributed by atoms with van der Waals surface area (Å²) in [6.07, 6.45) is 9.59. The van der Waals surface area contributed by atoms with Crippen molar-refractivity contribution >= 4 is 18.0 Å². The molecule has 102 valence electrons. The zero-order valence-corrected chi connectivity index (χ0v) is 11.1. The smallest absolute Gasteiger partial charge is 0.328 e. The van der Waals surface area contributed by atoms with Gasteiger partial charge in [-0.1, -0.05) is 6.92 Å². The number of carboxylic acid groups (broad SMARTS) is 1. The van der Waals surface area contributed by atoms with E-state index < -0.39 is 5.97 Å². The van der Waals surface area contributed by atoms with Crippen molar-refractivity contribution in [3.8, 4) is 0 Å². The molecule has 0 aliphatic heterocycles. The van der Waals surface area contributed by atoms with E-state index in [0.717, 1.165) is 37.5 Å². The normalized spacial score (nSPS) is 14.8. The third kappa shape index (κ3) is 4.35. The summed E-state index contributed by atoms with van der Waals surface area (Å²) < 4.78 is 0. The molecule has 0 atom stereocenters. The summed E-state index contributed by atoms with van der Waals surface area (Å²) in [6.45, 7) is 4.13. The van der Waals surface area contributed by atoms with Crippen molar-refractivity contribution in [3.05, 3.63) is 24.0 Å². The first-order chi connectivity index (χ1) is 9.19. The fraction of sp³-hybridized carbons (Fsp3) is 0.500. The molecule has 0 radical (unpaired) electrons. The molecule has 1 heterocycles. The Hall–Kier alpha value is -1.91. The first kappa shape index (κ1) is 13.5. The Balaban J connectivity index is 2.03. The third-order valence-electron chi connectivity index (χ3n) is 3.03. The van der Waals surface area contributed by atoms with E-state index in [2.05, 4.69) is 21.8 Å². The van der Waals surface area contributed by atoms with E-state index in [1.807, 2.05) is 0 Å². The number of hydrogen-bond acceptors (Lipinski definition) is 4. The summed E-state index contributed by atoms with van der Waals surface area (Å²) in [5, 5.41) is 8.56. The van der Waals surface area contributed by atoms with Crippen molar-refractivity contribution in [1.29, 1.82) is 0 Å². The van der Waals surface area contributed by atoms with Crippen LogP contribution in [0.2, 0.25) is 0 Å². The molecule has 1 aliphatic rings. The Morgan fingerprint density at radius 2 is 2.16 bits per heavy atom. The molecule has 0 unspecified atom stereocenters. The van der Waals surface area contributed by atoms with Crippen LogP contribution in [0.5, 0.6) is 0 Å². The van der Waals surface area contributed by atoms with Crippen molar-refractivity contribution in [2.45, 2.75) is 26.2 Å². The average molecular weight is 261 g/mol. The molecule has 0 aromatic carbocycles. The minimum atomic E-state index is -0.967. The van der Waals surface area contributed by atoms with Crippen LogP contribution in [0.1, 0.15) is 31.7 Å². The monoisotopic (exact) mass is 261 g/mol. The molecular weight excluding hydrogens is 242 g/mol. The lowest BCUT2D eigenvalue weighted by Crippen LogP contribution is -2.28. The van der Waals surface area contributed by atoms with E-state index in [1.54, 1.807) is 12.4 Å². The largest absolute Gasteiger partial charge is 0.478 e. The summed E-state index contributed by atoms with van der Waals surface area (Å²) in [4.78, 5) is 21.3. The van der Waals surface area contributed by atoms with E-state index >= 15 is 0 Å². The van der Waals surface area contributed by atoms with Crippen LogP contribution in [-0.4, -0.2) is 34.1 Å². The van der Waals surface area contributed by atoms with Gasteiger partial charge in [-0.05, 0) is 31.3 Å². The van der Waals surface area contributed by atoms with E-state index in [0.29, 0.717) is 5.56 Å². The van der Waals surface area contributed by atoms with Gasteiger partial charge in [-0.25, -0.2) is 14.8 Å². The lowest BCUT2D eigenvalue weighted by atomic mass is 10.3. The van der Waals surface area contributed by atoms with Crippen molar-refractivity contribution in [3.63, 3.8) is 0 Å². The molecule has 0 amide bonds. The molecule has 0 spiro atoms. The summed E-state index contributed by atoms with van der Waals surface area (Å²) in [6, 6.07) is 0. The van der Waals surface area contributed by atoms with Gasteiger partial charge in [0.1, 0.15) is 0 Å². The summed E-state index contributed by atoms with van der Waals surface area (Å²) in [5.41, 5.74) is 0.703. The van der Waals surface area contributed by atoms with Gasteiger partial charge in [0.25, 0.3) is 0 Å². The fourth-order valence-electron chi connectivity index (χ4n) is 1.90. The van der Waals surface area contributed by atoms with Gasteiger partial charge in [-0.15, -0.1) is 0 Å². The SMILES string of the molecule is CCCN(CC1CC1)c1ncc(/C=C/C(=O)O)cn1. The Kier molecular flexibility index (Phi) is 4.49. The topological polar surface area (TPSA) is 66.3 Å². The molecule has 1 aromatic rings. The zero-order valence-electron chi connectivity index (χ0n) is 11.1. The van der Waals surface area contributed by atoms with Gasteiger partial charge in [-0.3, -0.25) is 0 Å². The van der Waals surface area contributed by atoms with E-state index in [1.165, 1.54) is 18.9 Å². The summed E-state index contributed by atoms with van der Waals surface area (Å²) >= 11 is 0. The molecule has 5 nitrogen and oxygen atoms in total. The lowest BCUT2D eigenvalue weighted by molar-refractivity contribution is -0.131. The number of aromatic nitrogens is 2. The molecule has 1 fully saturated rings. The lowest BCUT2D eigenvalue weighted by Gasteiger charge is -2.21. The highest BCUT2D eigenvalue weighted by atomic mass is 16.4. The number of aliphatic carboxylic acids is 1. The van der Waals surface area contributed by atoms with Crippen LogP contribution in [-0.2, 0) is 4.79 Å². The molecule has 19 heavy (non-hydrogen) atoms. The van der Waals surface area contributed by atoms with Gasteiger partial charge in [0.05, 0.1) is 0 Å². The number of carboxylic acids is 1. The molecule has 1 N–H and O–H groups in total. The number of anilines is 1. The fourth-order valence-corrected chi connectivity index (χ4v) is 1.90. The highest BCUT2D eigenvalue weighted by Crippen LogP contribution is 2.30. The Morgan fingerprint density at radius 3 is 2.68 bits per heavy atom. The highest BCUT2D eigenvalue weighted by molar-refractivity contribution is 5.85. The van der Waals surface area contributed by atoms with Gasteiger partial charge < -0.3 is 10.0 Å². The van der Waals surface area contributed by atoms with Crippen LogP contribution in [0.25, 0.3) is 6.08 Å². The second-order valence-corrected chi connectivity index (χ2v) is 4.88.